The summed E-state index contributed by atoms with van der Waals surface area (Å²) in [5, 5.41) is 11.7. The molecule has 1 fully saturated rings. The lowest BCUT2D eigenvalue weighted by Crippen LogP contribution is -2.29. The minimum absolute atomic E-state index is 0.0125. The number of rotatable bonds is 8. The average Bonchev–Trinajstić information content (AvgIpc) is 3.15. The van der Waals surface area contributed by atoms with Crippen molar-refractivity contribution in [2.75, 3.05) is 30.5 Å². The summed E-state index contributed by atoms with van der Waals surface area (Å²) in [7, 11) is 3.84. The van der Waals surface area contributed by atoms with E-state index in [9.17, 15) is 14.7 Å². The van der Waals surface area contributed by atoms with Crippen LogP contribution in [0.1, 0.15) is 37.9 Å². The minimum atomic E-state index is -0.889. The Bertz CT molecular complexity index is 1360. The van der Waals surface area contributed by atoms with Crippen molar-refractivity contribution >= 4 is 40.4 Å². The summed E-state index contributed by atoms with van der Waals surface area (Å²) in [6.45, 7) is 6.12. The zero-order valence-electron chi connectivity index (χ0n) is 22.1. The lowest BCUT2D eigenvalue weighted by atomic mass is 9.95. The highest BCUT2D eigenvalue weighted by Gasteiger charge is 2.47. The molecule has 0 spiro atoms. The molecule has 3 aromatic rings. The summed E-state index contributed by atoms with van der Waals surface area (Å²) in [6.07, 6.45) is -0.0125. The summed E-state index contributed by atoms with van der Waals surface area (Å²) in [6, 6.07) is 18.4. The van der Waals surface area contributed by atoms with E-state index in [0.29, 0.717) is 29.4 Å². The molecule has 0 bridgehead atoms. The number of halogens is 1. The molecule has 8 heteroatoms. The number of nitrogens with zero attached hydrogens (tertiary/aromatic N) is 2. The van der Waals surface area contributed by atoms with Gasteiger partial charge < -0.3 is 19.5 Å². The average molecular weight is 535 g/mol. The van der Waals surface area contributed by atoms with Gasteiger partial charge in [-0.2, -0.15) is 0 Å². The maximum atomic E-state index is 13.5. The number of carbonyl (C=O) groups is 2. The molecule has 1 N–H and O–H groups in total. The fraction of sp³-hybridized carbons (Fsp3) is 0.267. The molecule has 1 unspecified atom stereocenters. The van der Waals surface area contributed by atoms with Crippen LogP contribution in [0.4, 0.5) is 11.4 Å². The number of benzene rings is 3. The third-order valence-electron chi connectivity index (χ3n) is 6.16. The third kappa shape index (κ3) is 5.34. The van der Waals surface area contributed by atoms with Crippen LogP contribution in [0.25, 0.3) is 5.76 Å². The van der Waals surface area contributed by atoms with Gasteiger partial charge in [-0.3, -0.25) is 14.5 Å². The SMILES string of the molecule is CCOc1ccc(Cl)c(/C(O)=C2\C(=O)C(=O)N(c3ccc(N(C)C)cc3)C2c2ccc(OC(C)C)cc2)c1. The molecule has 1 saturated heterocycles. The first kappa shape index (κ1) is 27.1. The molecule has 198 valence electrons. The first-order valence-electron chi connectivity index (χ1n) is 12.4. The van der Waals surface area contributed by atoms with Gasteiger partial charge in [0, 0.05) is 31.0 Å². The molecular weight excluding hydrogens is 504 g/mol. The van der Waals surface area contributed by atoms with E-state index >= 15 is 0 Å². The smallest absolute Gasteiger partial charge is 0.300 e. The van der Waals surface area contributed by atoms with E-state index in [-0.39, 0.29) is 28.0 Å². The Morgan fingerprint density at radius 1 is 1.00 bits per heavy atom. The van der Waals surface area contributed by atoms with Crippen molar-refractivity contribution in [1.29, 1.82) is 0 Å². The van der Waals surface area contributed by atoms with Crippen molar-refractivity contribution < 1.29 is 24.2 Å². The number of Topliss-reactive ketones (excluding diaryl/α,β-unsaturated/α-hetero) is 1. The van der Waals surface area contributed by atoms with E-state index in [0.717, 1.165) is 5.69 Å². The first-order chi connectivity index (χ1) is 18.1. The van der Waals surface area contributed by atoms with Gasteiger partial charge in [0.15, 0.2) is 0 Å². The molecule has 38 heavy (non-hydrogen) atoms. The van der Waals surface area contributed by atoms with Crippen LogP contribution in [0, 0.1) is 0 Å². The molecule has 7 nitrogen and oxygen atoms in total. The van der Waals surface area contributed by atoms with Crippen molar-refractivity contribution in [3.8, 4) is 11.5 Å². The Morgan fingerprint density at radius 3 is 2.21 bits per heavy atom. The van der Waals surface area contributed by atoms with Crippen LogP contribution >= 0.6 is 11.6 Å². The molecule has 3 aromatic carbocycles. The summed E-state index contributed by atoms with van der Waals surface area (Å²) in [4.78, 5) is 30.3. The predicted octanol–water partition coefficient (Wildman–Crippen LogP) is 6.22. The lowest BCUT2D eigenvalue weighted by Gasteiger charge is -2.26. The summed E-state index contributed by atoms with van der Waals surface area (Å²) in [5.74, 6) is -0.768. The van der Waals surface area contributed by atoms with Gasteiger partial charge in [0.05, 0.1) is 29.3 Å². The van der Waals surface area contributed by atoms with Crippen LogP contribution in [-0.2, 0) is 9.59 Å². The Labute approximate surface area is 227 Å². The molecule has 1 aliphatic heterocycles. The summed E-state index contributed by atoms with van der Waals surface area (Å²) >= 11 is 6.44. The van der Waals surface area contributed by atoms with Gasteiger partial charge in [-0.25, -0.2) is 0 Å². The van der Waals surface area contributed by atoms with Crippen LogP contribution < -0.4 is 19.3 Å². The molecule has 4 rings (SSSR count). The van der Waals surface area contributed by atoms with E-state index in [1.54, 1.807) is 54.6 Å². The third-order valence-corrected chi connectivity index (χ3v) is 6.49. The minimum Gasteiger partial charge on any atom is -0.507 e. The van der Waals surface area contributed by atoms with Crippen LogP contribution in [0.15, 0.2) is 72.3 Å². The van der Waals surface area contributed by atoms with Crippen LogP contribution in [0.3, 0.4) is 0 Å². The topological polar surface area (TPSA) is 79.3 Å². The summed E-state index contributed by atoms with van der Waals surface area (Å²) < 4.78 is 11.3. The Hall–Kier alpha value is -3.97. The lowest BCUT2D eigenvalue weighted by molar-refractivity contribution is -0.132. The standard InChI is InChI=1S/C30H31ClN2O5/c1-6-37-23-15-16-25(31)24(17-23)28(34)26-27(19-7-13-22(14-8-19)38-18(2)3)33(30(36)29(26)35)21-11-9-20(10-12-21)32(4)5/h7-18,27,34H,6H2,1-5H3/b28-26+. The first-order valence-corrected chi connectivity index (χ1v) is 12.8. The van der Waals surface area contributed by atoms with Gasteiger partial charge in [0.2, 0.25) is 0 Å². The monoisotopic (exact) mass is 534 g/mol. The number of hydrogen-bond donors (Lipinski definition) is 1. The van der Waals surface area contributed by atoms with Gasteiger partial charge in [-0.15, -0.1) is 0 Å². The van der Waals surface area contributed by atoms with Crippen molar-refractivity contribution in [2.45, 2.75) is 32.9 Å². The maximum Gasteiger partial charge on any atom is 0.300 e. The Kier molecular flexibility index (Phi) is 7.97. The van der Waals surface area contributed by atoms with E-state index in [1.165, 1.54) is 4.90 Å². The van der Waals surface area contributed by atoms with E-state index in [4.69, 9.17) is 21.1 Å². The van der Waals surface area contributed by atoms with Gasteiger partial charge in [0.25, 0.3) is 11.7 Å². The molecule has 1 aliphatic rings. The van der Waals surface area contributed by atoms with Gasteiger partial charge in [-0.1, -0.05) is 23.7 Å². The van der Waals surface area contributed by atoms with E-state index in [2.05, 4.69) is 0 Å². The maximum absolute atomic E-state index is 13.5. The van der Waals surface area contributed by atoms with E-state index in [1.807, 2.05) is 51.9 Å². The number of aliphatic hydroxyl groups excluding tert-OH is 1. The molecule has 0 aromatic heterocycles. The van der Waals surface area contributed by atoms with Gasteiger partial charge >= 0.3 is 0 Å². The second-order valence-electron chi connectivity index (χ2n) is 9.39. The summed E-state index contributed by atoms with van der Waals surface area (Å²) in [5.41, 5.74) is 2.26. The molecule has 1 heterocycles. The number of amides is 1. The number of ether oxygens (including phenoxy) is 2. The fourth-order valence-electron chi connectivity index (χ4n) is 4.41. The van der Waals surface area contributed by atoms with Crippen molar-refractivity contribution in [3.63, 3.8) is 0 Å². The second-order valence-corrected chi connectivity index (χ2v) is 9.80. The molecule has 0 radical (unpaired) electrons. The highest BCUT2D eigenvalue weighted by atomic mass is 35.5. The highest BCUT2D eigenvalue weighted by Crippen LogP contribution is 2.44. The predicted molar refractivity (Wildman–Crippen MR) is 150 cm³/mol. The van der Waals surface area contributed by atoms with Gasteiger partial charge in [0.1, 0.15) is 17.3 Å². The number of hydrogen-bond acceptors (Lipinski definition) is 6. The number of ketones is 1. The quantitative estimate of drug-likeness (QED) is 0.210. The largest absolute Gasteiger partial charge is 0.507 e. The van der Waals surface area contributed by atoms with Crippen LogP contribution in [0.5, 0.6) is 11.5 Å². The second kappa shape index (κ2) is 11.2. The van der Waals surface area contributed by atoms with Crippen molar-refractivity contribution in [1.82, 2.24) is 0 Å². The van der Waals surface area contributed by atoms with Crippen molar-refractivity contribution in [2.24, 2.45) is 0 Å². The zero-order chi connectivity index (χ0) is 27.6. The molecule has 0 saturated carbocycles. The number of carbonyl (C=O) groups excluding carboxylic acids is 2. The van der Waals surface area contributed by atoms with E-state index < -0.39 is 17.7 Å². The highest BCUT2D eigenvalue weighted by molar-refractivity contribution is 6.52. The van der Waals surface area contributed by atoms with Gasteiger partial charge in [-0.05, 0) is 80.9 Å². The molecular formula is C30H31ClN2O5. The fourth-order valence-corrected chi connectivity index (χ4v) is 4.62. The molecule has 1 amide bonds. The van der Waals surface area contributed by atoms with Crippen molar-refractivity contribution in [3.05, 3.63) is 88.5 Å². The van der Waals surface area contributed by atoms with Crippen LogP contribution in [0.2, 0.25) is 5.02 Å². The molecule has 0 aliphatic carbocycles. The zero-order valence-corrected chi connectivity index (χ0v) is 22.8. The Morgan fingerprint density at radius 2 is 1.63 bits per heavy atom. The Balaban J connectivity index is 1.90. The number of aliphatic hydroxyl groups is 1. The number of anilines is 2. The van der Waals surface area contributed by atoms with Crippen LogP contribution in [-0.4, -0.2) is 43.6 Å². The normalized spacial score (nSPS) is 16.7. The molecule has 1 atom stereocenters.